The minimum absolute atomic E-state index is 0.153. The van der Waals surface area contributed by atoms with Gasteiger partial charge in [0.2, 0.25) is 0 Å². The van der Waals surface area contributed by atoms with Crippen LogP contribution < -0.4 is 0 Å². The Hall–Kier alpha value is -0.470. The van der Waals surface area contributed by atoms with Crippen molar-refractivity contribution in [1.82, 2.24) is 0 Å². The number of fused-ring (bicyclic) bond motifs is 1. The molecule has 1 aliphatic heterocycles. The Morgan fingerprint density at radius 3 is 2.75 bits per heavy atom. The summed E-state index contributed by atoms with van der Waals surface area (Å²) in [4.78, 5) is 1.36. The van der Waals surface area contributed by atoms with E-state index in [-0.39, 0.29) is 6.10 Å². The molecule has 0 saturated heterocycles. The van der Waals surface area contributed by atoms with E-state index < -0.39 is 0 Å². The average molecular weight is 236 g/mol. The van der Waals surface area contributed by atoms with Gasteiger partial charge in [-0.1, -0.05) is 32.0 Å². The van der Waals surface area contributed by atoms with E-state index in [0.717, 1.165) is 19.3 Å². The smallest absolute Gasteiger partial charge is 0.0665 e. The third-order valence-electron chi connectivity index (χ3n) is 3.14. The minimum Gasteiger partial charge on any atom is -0.392 e. The highest BCUT2D eigenvalue weighted by Crippen LogP contribution is 2.39. The van der Waals surface area contributed by atoms with E-state index in [1.165, 1.54) is 10.5 Å². The van der Waals surface area contributed by atoms with Crippen molar-refractivity contribution in [3.8, 4) is 0 Å². The van der Waals surface area contributed by atoms with Crippen molar-refractivity contribution in [2.24, 2.45) is 5.92 Å². The van der Waals surface area contributed by atoms with Gasteiger partial charge in [0.1, 0.15) is 0 Å². The Morgan fingerprint density at radius 2 is 2.06 bits per heavy atom. The number of rotatable bonds is 4. The summed E-state index contributed by atoms with van der Waals surface area (Å²) in [5, 5.41) is 10.5. The van der Waals surface area contributed by atoms with Crippen molar-refractivity contribution < 1.29 is 5.11 Å². The lowest BCUT2D eigenvalue weighted by Crippen LogP contribution is -2.22. The second kappa shape index (κ2) is 5.24. The molecule has 2 heteroatoms. The fraction of sp³-hybridized carbons (Fsp3) is 0.571. The molecule has 2 unspecified atom stereocenters. The van der Waals surface area contributed by atoms with Gasteiger partial charge < -0.3 is 5.11 Å². The van der Waals surface area contributed by atoms with E-state index in [4.69, 9.17) is 0 Å². The fourth-order valence-electron chi connectivity index (χ4n) is 2.11. The van der Waals surface area contributed by atoms with Gasteiger partial charge in [0.15, 0.2) is 0 Å². The summed E-state index contributed by atoms with van der Waals surface area (Å²) in [5.41, 5.74) is 1.40. The van der Waals surface area contributed by atoms with Gasteiger partial charge in [-0.2, -0.15) is 0 Å². The monoisotopic (exact) mass is 236 g/mol. The highest BCUT2D eigenvalue weighted by molar-refractivity contribution is 8.00. The van der Waals surface area contributed by atoms with E-state index in [1.807, 2.05) is 11.8 Å². The van der Waals surface area contributed by atoms with Gasteiger partial charge in [0.25, 0.3) is 0 Å². The van der Waals surface area contributed by atoms with E-state index in [2.05, 4.69) is 38.1 Å². The van der Waals surface area contributed by atoms with Crippen LogP contribution in [0.3, 0.4) is 0 Å². The van der Waals surface area contributed by atoms with E-state index in [0.29, 0.717) is 11.2 Å². The number of hydrogen-bond donors (Lipinski definition) is 1. The standard InChI is InChI=1S/C14H20OS/c1-10(2)7-8-12(15)14-9-11-5-3-4-6-13(11)16-14/h3-6,10,12,14-15H,7-9H2,1-2H3. The molecule has 16 heavy (non-hydrogen) atoms. The average Bonchev–Trinajstić information content (AvgIpc) is 2.69. The van der Waals surface area contributed by atoms with Crippen LogP contribution in [0.15, 0.2) is 29.2 Å². The highest BCUT2D eigenvalue weighted by Gasteiger charge is 2.27. The Kier molecular flexibility index (Phi) is 3.93. The minimum atomic E-state index is -0.153. The largest absolute Gasteiger partial charge is 0.392 e. The Labute approximate surface area is 102 Å². The van der Waals surface area contributed by atoms with Crippen LogP contribution in [0, 0.1) is 5.92 Å². The van der Waals surface area contributed by atoms with Crippen LogP contribution in [-0.2, 0) is 6.42 Å². The summed E-state index contributed by atoms with van der Waals surface area (Å²) in [6, 6.07) is 8.50. The molecule has 1 N–H and O–H groups in total. The molecule has 0 saturated carbocycles. The third-order valence-corrected chi connectivity index (χ3v) is 4.58. The third kappa shape index (κ3) is 2.80. The molecule has 0 spiro atoms. The molecule has 1 heterocycles. The van der Waals surface area contributed by atoms with E-state index >= 15 is 0 Å². The van der Waals surface area contributed by atoms with Crippen molar-refractivity contribution in [3.05, 3.63) is 29.8 Å². The van der Waals surface area contributed by atoms with Gasteiger partial charge in [0, 0.05) is 10.1 Å². The first-order chi connectivity index (χ1) is 7.66. The van der Waals surface area contributed by atoms with Crippen molar-refractivity contribution in [2.75, 3.05) is 0 Å². The van der Waals surface area contributed by atoms with Crippen LogP contribution >= 0.6 is 11.8 Å². The van der Waals surface area contributed by atoms with Crippen molar-refractivity contribution >= 4 is 11.8 Å². The second-order valence-electron chi connectivity index (χ2n) is 5.01. The highest BCUT2D eigenvalue weighted by atomic mass is 32.2. The van der Waals surface area contributed by atoms with Crippen molar-refractivity contribution in [3.63, 3.8) is 0 Å². The molecule has 1 aromatic carbocycles. The molecule has 2 rings (SSSR count). The van der Waals surface area contributed by atoms with Crippen LogP contribution in [0.1, 0.15) is 32.3 Å². The normalized spacial score (nSPS) is 21.1. The van der Waals surface area contributed by atoms with Gasteiger partial charge >= 0.3 is 0 Å². The molecule has 88 valence electrons. The van der Waals surface area contributed by atoms with E-state index in [9.17, 15) is 5.11 Å². The molecule has 1 nitrogen and oxygen atoms in total. The van der Waals surface area contributed by atoms with Crippen molar-refractivity contribution in [1.29, 1.82) is 0 Å². The first-order valence-electron chi connectivity index (χ1n) is 6.09. The molecule has 1 aliphatic rings. The summed E-state index contributed by atoms with van der Waals surface area (Å²) < 4.78 is 0. The topological polar surface area (TPSA) is 20.2 Å². The van der Waals surface area contributed by atoms with Crippen LogP contribution in [0.25, 0.3) is 0 Å². The van der Waals surface area contributed by atoms with Crippen LogP contribution in [-0.4, -0.2) is 16.5 Å². The molecule has 0 fully saturated rings. The lowest BCUT2D eigenvalue weighted by atomic mass is 10.00. The summed E-state index contributed by atoms with van der Waals surface area (Å²) in [5.74, 6) is 0.684. The molecule has 1 aromatic rings. The summed E-state index contributed by atoms with van der Waals surface area (Å²) in [7, 11) is 0. The summed E-state index contributed by atoms with van der Waals surface area (Å²) in [6.45, 7) is 4.42. The number of aliphatic hydroxyl groups is 1. The number of hydrogen-bond acceptors (Lipinski definition) is 2. The predicted molar refractivity (Wildman–Crippen MR) is 69.9 cm³/mol. The molecule has 0 amide bonds. The predicted octanol–water partition coefficient (Wildman–Crippen LogP) is 3.50. The maximum atomic E-state index is 10.1. The van der Waals surface area contributed by atoms with Crippen LogP contribution in [0.4, 0.5) is 0 Å². The summed E-state index contributed by atoms with van der Waals surface area (Å²) in [6.07, 6.45) is 2.93. The maximum absolute atomic E-state index is 10.1. The number of thioether (sulfide) groups is 1. The second-order valence-corrected chi connectivity index (χ2v) is 6.29. The first kappa shape index (κ1) is 12.0. The molecule has 0 aliphatic carbocycles. The van der Waals surface area contributed by atoms with Gasteiger partial charge in [-0.25, -0.2) is 0 Å². The lowest BCUT2D eigenvalue weighted by Gasteiger charge is -2.17. The molecule has 0 bridgehead atoms. The van der Waals surface area contributed by atoms with E-state index in [1.54, 1.807) is 0 Å². The zero-order valence-corrected chi connectivity index (χ0v) is 10.8. The zero-order chi connectivity index (χ0) is 11.5. The zero-order valence-electron chi connectivity index (χ0n) is 10.0. The molecule has 2 atom stereocenters. The van der Waals surface area contributed by atoms with Crippen molar-refractivity contribution in [2.45, 2.75) is 49.4 Å². The number of benzene rings is 1. The summed E-state index contributed by atoms with van der Waals surface area (Å²) >= 11 is 1.85. The first-order valence-corrected chi connectivity index (χ1v) is 6.97. The Bertz CT molecular complexity index is 323. The van der Waals surface area contributed by atoms with Crippen LogP contribution in [0.2, 0.25) is 0 Å². The number of aliphatic hydroxyl groups excluding tert-OH is 1. The van der Waals surface area contributed by atoms with Gasteiger partial charge in [0.05, 0.1) is 6.10 Å². The SMILES string of the molecule is CC(C)CCC(O)C1Cc2ccccc2S1. The fourth-order valence-corrected chi connectivity index (χ4v) is 3.46. The lowest BCUT2D eigenvalue weighted by molar-refractivity contribution is 0.154. The molecule has 0 aromatic heterocycles. The Balaban J connectivity index is 1.90. The maximum Gasteiger partial charge on any atom is 0.0665 e. The Morgan fingerprint density at radius 1 is 1.31 bits per heavy atom. The molecular formula is C14H20OS. The van der Waals surface area contributed by atoms with Crippen LogP contribution in [0.5, 0.6) is 0 Å². The quantitative estimate of drug-likeness (QED) is 0.863. The van der Waals surface area contributed by atoms with Gasteiger partial charge in [-0.3, -0.25) is 0 Å². The van der Waals surface area contributed by atoms with Gasteiger partial charge in [-0.15, -0.1) is 11.8 Å². The molecular weight excluding hydrogens is 216 g/mol. The molecule has 0 radical (unpaired) electrons. The van der Waals surface area contributed by atoms with Gasteiger partial charge in [-0.05, 0) is 36.8 Å².